The summed E-state index contributed by atoms with van der Waals surface area (Å²) in [6, 6.07) is 4.13. The van der Waals surface area contributed by atoms with Crippen LogP contribution < -0.4 is 5.32 Å². The zero-order chi connectivity index (χ0) is 14.3. The molecule has 0 aromatic heterocycles. The molecule has 1 aromatic rings. The van der Waals surface area contributed by atoms with Crippen molar-refractivity contribution in [3.63, 3.8) is 0 Å². The summed E-state index contributed by atoms with van der Waals surface area (Å²) in [7, 11) is 0. The standard InChI is InChI=1S/C15H18F2N2O/c1-9-8-18-4-5-19(9)15(20)12-7-11(12)10-2-3-13(16)14(17)6-10/h2-3,6,9,11-12,18H,4-5,7-8H2,1H3/t9-,11?,12?/m1/s1. The molecule has 1 saturated heterocycles. The van der Waals surface area contributed by atoms with E-state index in [1.165, 1.54) is 6.07 Å². The molecule has 20 heavy (non-hydrogen) atoms. The largest absolute Gasteiger partial charge is 0.337 e. The Balaban J connectivity index is 1.68. The van der Waals surface area contributed by atoms with Crippen LogP contribution in [0.4, 0.5) is 8.78 Å². The van der Waals surface area contributed by atoms with Gasteiger partial charge in [0, 0.05) is 31.6 Å². The van der Waals surface area contributed by atoms with E-state index in [1.807, 2.05) is 11.8 Å². The van der Waals surface area contributed by atoms with E-state index in [0.29, 0.717) is 0 Å². The van der Waals surface area contributed by atoms with Crippen LogP contribution in [0.2, 0.25) is 0 Å². The molecule has 0 bridgehead atoms. The zero-order valence-electron chi connectivity index (χ0n) is 11.4. The minimum atomic E-state index is -0.840. The molecule has 1 saturated carbocycles. The van der Waals surface area contributed by atoms with Crippen LogP contribution in [0.3, 0.4) is 0 Å². The molecule has 1 heterocycles. The van der Waals surface area contributed by atoms with Crippen LogP contribution in [-0.4, -0.2) is 36.5 Å². The maximum atomic E-state index is 13.2. The van der Waals surface area contributed by atoms with E-state index >= 15 is 0 Å². The topological polar surface area (TPSA) is 32.3 Å². The van der Waals surface area contributed by atoms with Crippen LogP contribution in [0.1, 0.15) is 24.8 Å². The summed E-state index contributed by atoms with van der Waals surface area (Å²) in [6.07, 6.45) is 0.737. The van der Waals surface area contributed by atoms with Gasteiger partial charge in [0.2, 0.25) is 5.91 Å². The van der Waals surface area contributed by atoms with E-state index in [-0.39, 0.29) is 23.8 Å². The van der Waals surface area contributed by atoms with E-state index in [9.17, 15) is 13.6 Å². The van der Waals surface area contributed by atoms with Gasteiger partial charge in [-0.2, -0.15) is 0 Å². The van der Waals surface area contributed by atoms with Crippen LogP contribution >= 0.6 is 0 Å². The Kier molecular flexibility index (Phi) is 3.46. The van der Waals surface area contributed by atoms with Crippen molar-refractivity contribution >= 4 is 5.91 Å². The fraction of sp³-hybridized carbons (Fsp3) is 0.533. The average molecular weight is 280 g/mol. The number of rotatable bonds is 2. The number of hydrogen-bond donors (Lipinski definition) is 1. The number of carbonyl (C=O) groups is 1. The van der Waals surface area contributed by atoms with E-state index < -0.39 is 11.6 Å². The van der Waals surface area contributed by atoms with Gasteiger partial charge in [-0.25, -0.2) is 8.78 Å². The lowest BCUT2D eigenvalue weighted by molar-refractivity contribution is -0.135. The van der Waals surface area contributed by atoms with E-state index in [4.69, 9.17) is 0 Å². The molecule has 1 amide bonds. The maximum Gasteiger partial charge on any atom is 0.226 e. The Morgan fingerprint density at radius 2 is 2.15 bits per heavy atom. The van der Waals surface area contributed by atoms with Crippen LogP contribution in [0.25, 0.3) is 0 Å². The third-order valence-electron chi connectivity index (χ3n) is 4.26. The molecule has 2 fully saturated rings. The number of amides is 1. The predicted octanol–water partition coefficient (Wildman–Crippen LogP) is 1.89. The molecule has 2 aliphatic rings. The molecular formula is C15H18F2N2O. The van der Waals surface area contributed by atoms with Crippen molar-refractivity contribution < 1.29 is 13.6 Å². The van der Waals surface area contributed by atoms with Gasteiger partial charge in [-0.15, -0.1) is 0 Å². The quantitative estimate of drug-likeness (QED) is 0.897. The molecule has 3 nitrogen and oxygen atoms in total. The average Bonchev–Trinajstić information content (AvgIpc) is 3.22. The summed E-state index contributed by atoms with van der Waals surface area (Å²) >= 11 is 0. The number of carbonyl (C=O) groups excluding carboxylic acids is 1. The number of hydrogen-bond acceptors (Lipinski definition) is 2. The first-order valence-electron chi connectivity index (χ1n) is 7.04. The molecule has 0 radical (unpaired) electrons. The van der Waals surface area contributed by atoms with Crippen molar-refractivity contribution in [1.29, 1.82) is 0 Å². The number of halogens is 2. The van der Waals surface area contributed by atoms with Gasteiger partial charge < -0.3 is 10.2 Å². The molecule has 1 aromatic carbocycles. The molecule has 1 aliphatic carbocycles. The lowest BCUT2D eigenvalue weighted by Gasteiger charge is -2.34. The van der Waals surface area contributed by atoms with Gasteiger partial charge in [0.25, 0.3) is 0 Å². The van der Waals surface area contributed by atoms with Crippen LogP contribution in [0, 0.1) is 17.6 Å². The van der Waals surface area contributed by atoms with Gasteiger partial charge in [0.05, 0.1) is 0 Å². The molecule has 5 heteroatoms. The summed E-state index contributed by atoms with van der Waals surface area (Å²) in [4.78, 5) is 14.3. The highest BCUT2D eigenvalue weighted by molar-refractivity contribution is 5.83. The molecule has 1 aliphatic heterocycles. The highest BCUT2D eigenvalue weighted by Gasteiger charge is 2.46. The van der Waals surface area contributed by atoms with E-state index in [2.05, 4.69) is 5.32 Å². The van der Waals surface area contributed by atoms with Crippen molar-refractivity contribution in [2.24, 2.45) is 5.92 Å². The van der Waals surface area contributed by atoms with E-state index in [0.717, 1.165) is 37.7 Å². The fourth-order valence-electron chi connectivity index (χ4n) is 2.96. The SMILES string of the molecule is C[C@@H]1CNCCN1C(=O)C1CC1c1ccc(F)c(F)c1. The van der Waals surface area contributed by atoms with Gasteiger partial charge in [-0.3, -0.25) is 4.79 Å². The van der Waals surface area contributed by atoms with Crippen molar-refractivity contribution in [2.45, 2.75) is 25.3 Å². The van der Waals surface area contributed by atoms with Gasteiger partial charge in [-0.05, 0) is 37.0 Å². The third kappa shape index (κ3) is 2.42. The summed E-state index contributed by atoms with van der Waals surface area (Å²) in [6.45, 7) is 4.38. The molecule has 1 N–H and O–H groups in total. The van der Waals surface area contributed by atoms with Gasteiger partial charge in [-0.1, -0.05) is 6.07 Å². The first-order chi connectivity index (χ1) is 9.58. The fourth-order valence-corrected chi connectivity index (χ4v) is 2.96. The molecule has 3 atom stereocenters. The monoisotopic (exact) mass is 280 g/mol. The minimum Gasteiger partial charge on any atom is -0.337 e. The number of benzene rings is 1. The van der Waals surface area contributed by atoms with E-state index in [1.54, 1.807) is 6.07 Å². The smallest absolute Gasteiger partial charge is 0.226 e. The number of piperazine rings is 1. The highest BCUT2D eigenvalue weighted by Crippen LogP contribution is 2.48. The van der Waals surface area contributed by atoms with Gasteiger partial charge in [0.1, 0.15) is 0 Å². The summed E-state index contributed by atoms with van der Waals surface area (Å²) in [5, 5.41) is 3.25. The zero-order valence-corrected chi connectivity index (χ0v) is 11.4. The second-order valence-corrected chi connectivity index (χ2v) is 5.71. The highest BCUT2D eigenvalue weighted by atomic mass is 19.2. The predicted molar refractivity (Wildman–Crippen MR) is 71.3 cm³/mol. The molecular weight excluding hydrogens is 262 g/mol. The lowest BCUT2D eigenvalue weighted by Crippen LogP contribution is -2.52. The molecule has 3 rings (SSSR count). The first kappa shape index (κ1) is 13.5. The summed E-state index contributed by atoms with van der Waals surface area (Å²) < 4.78 is 26.2. The van der Waals surface area contributed by atoms with Crippen molar-refractivity contribution in [1.82, 2.24) is 10.2 Å². The van der Waals surface area contributed by atoms with Gasteiger partial charge in [0.15, 0.2) is 11.6 Å². The van der Waals surface area contributed by atoms with Crippen LogP contribution in [0.15, 0.2) is 18.2 Å². The van der Waals surface area contributed by atoms with Crippen molar-refractivity contribution in [2.75, 3.05) is 19.6 Å². The number of nitrogens with zero attached hydrogens (tertiary/aromatic N) is 1. The van der Waals surface area contributed by atoms with Crippen LogP contribution in [-0.2, 0) is 4.79 Å². The normalized spacial score (nSPS) is 29.4. The molecule has 0 spiro atoms. The molecule has 108 valence electrons. The Morgan fingerprint density at radius 1 is 1.35 bits per heavy atom. The minimum absolute atomic E-state index is 0.0414. The maximum absolute atomic E-state index is 13.2. The Morgan fingerprint density at radius 3 is 2.85 bits per heavy atom. The molecule has 2 unspecified atom stereocenters. The van der Waals surface area contributed by atoms with Crippen LogP contribution in [0.5, 0.6) is 0 Å². The third-order valence-corrected chi connectivity index (χ3v) is 4.26. The Hall–Kier alpha value is -1.49. The first-order valence-corrected chi connectivity index (χ1v) is 7.04. The van der Waals surface area contributed by atoms with Crippen molar-refractivity contribution in [3.8, 4) is 0 Å². The number of nitrogens with one attached hydrogen (secondary N) is 1. The van der Waals surface area contributed by atoms with Crippen molar-refractivity contribution in [3.05, 3.63) is 35.4 Å². The van der Waals surface area contributed by atoms with Gasteiger partial charge >= 0.3 is 0 Å². The lowest BCUT2D eigenvalue weighted by atomic mass is 10.1. The Labute approximate surface area is 117 Å². The summed E-state index contributed by atoms with van der Waals surface area (Å²) in [5.41, 5.74) is 0.727. The second-order valence-electron chi connectivity index (χ2n) is 5.71. The second kappa shape index (κ2) is 5.13. The Bertz CT molecular complexity index is 535. The summed E-state index contributed by atoms with van der Waals surface area (Å²) in [5.74, 6) is -1.56.